The number of ketones is 1. The van der Waals surface area contributed by atoms with Crippen molar-refractivity contribution in [2.75, 3.05) is 32.6 Å². The number of oxime groups is 1. The largest absolute Gasteiger partial charge is 0.459 e. The van der Waals surface area contributed by atoms with Gasteiger partial charge in [-0.1, -0.05) is 44.8 Å². The second-order valence-electron chi connectivity index (χ2n) is 18.4. The Morgan fingerprint density at radius 1 is 1.11 bits per heavy atom. The van der Waals surface area contributed by atoms with E-state index in [0.717, 1.165) is 0 Å². The number of nitrogen functional groups attached to an aromatic ring is 1. The minimum Gasteiger partial charge on any atom is -0.459 e. The predicted octanol–water partition coefficient (Wildman–Crippen LogP) is 4.12. The Balaban J connectivity index is 1.92. The van der Waals surface area contributed by atoms with Crippen LogP contribution in [0.3, 0.4) is 0 Å². The highest BCUT2D eigenvalue weighted by atomic mass is 16.7. The van der Waals surface area contributed by atoms with Crippen LogP contribution in [0.1, 0.15) is 108 Å². The fourth-order valence-corrected chi connectivity index (χ4v) is 8.78. The minimum atomic E-state index is -1.87. The Labute approximate surface area is 361 Å². The van der Waals surface area contributed by atoms with Crippen molar-refractivity contribution in [3.05, 3.63) is 23.9 Å². The number of carbonyl (C=O) groups is 3. The summed E-state index contributed by atoms with van der Waals surface area (Å²) >= 11 is 0. The van der Waals surface area contributed by atoms with Crippen molar-refractivity contribution in [1.82, 2.24) is 9.88 Å². The van der Waals surface area contributed by atoms with Gasteiger partial charge in [0.25, 0.3) is 0 Å². The number of nitrogens with two attached hydrogens (primary N) is 1. The van der Waals surface area contributed by atoms with E-state index in [4.69, 9.17) is 34.3 Å². The summed E-state index contributed by atoms with van der Waals surface area (Å²) in [7, 11) is 1.94. The van der Waals surface area contributed by atoms with Crippen molar-refractivity contribution >= 4 is 34.9 Å². The zero-order valence-electron chi connectivity index (χ0n) is 38.3. The molecule has 0 unspecified atom stereocenters. The maximum atomic E-state index is 14.6. The molecule has 0 aliphatic carbocycles. The summed E-state index contributed by atoms with van der Waals surface area (Å²) in [6.45, 7) is 20.6. The summed E-state index contributed by atoms with van der Waals surface area (Å²) in [6.07, 6.45) is -5.33. The zero-order valence-corrected chi connectivity index (χ0v) is 38.3. The Kier molecular flexibility index (Phi) is 16.8. The third-order valence-corrected chi connectivity index (χ3v) is 12.3. The van der Waals surface area contributed by atoms with Crippen molar-refractivity contribution in [2.45, 2.75) is 162 Å². The molecule has 3 aliphatic rings. The van der Waals surface area contributed by atoms with Crippen molar-refractivity contribution in [2.24, 2.45) is 33.8 Å². The van der Waals surface area contributed by atoms with Crippen molar-refractivity contribution in [3.63, 3.8) is 0 Å². The number of aliphatic hydroxyl groups excluding tert-OH is 1. The first-order chi connectivity index (χ1) is 28.4. The molecular formula is C45H69N5O11. The number of hydrogen-bond acceptors (Lipinski definition) is 15. The molecule has 4 heterocycles. The summed E-state index contributed by atoms with van der Waals surface area (Å²) in [5.74, 6) is 0.651. The third-order valence-electron chi connectivity index (χ3n) is 12.3. The first-order valence-electron chi connectivity index (χ1n) is 21.3. The summed E-state index contributed by atoms with van der Waals surface area (Å²) < 4.78 is 32.6. The number of Topliss-reactive ketones (excluding diaryl/α,β-unsaturated/α-hetero) is 1. The monoisotopic (exact) mass is 855 g/mol. The molecule has 2 bridgehead atoms. The van der Waals surface area contributed by atoms with E-state index in [9.17, 15) is 24.6 Å². The fourth-order valence-electron chi connectivity index (χ4n) is 8.78. The lowest BCUT2D eigenvalue weighted by atomic mass is 9.73. The molecule has 4 rings (SSSR count). The van der Waals surface area contributed by atoms with Gasteiger partial charge in [0, 0.05) is 36.1 Å². The minimum absolute atomic E-state index is 0.118. The van der Waals surface area contributed by atoms with Crippen LogP contribution in [0.25, 0.3) is 0 Å². The molecule has 3 fully saturated rings. The Bertz CT molecular complexity index is 1840. The number of pyridine rings is 1. The second-order valence-corrected chi connectivity index (χ2v) is 18.4. The molecule has 16 heteroatoms. The van der Waals surface area contributed by atoms with Crippen LogP contribution in [-0.4, -0.2) is 136 Å². The van der Waals surface area contributed by atoms with Gasteiger partial charge in [-0.25, -0.2) is 9.98 Å². The number of fused-ring (bicyclic) bond motifs is 5. The van der Waals surface area contributed by atoms with Gasteiger partial charge < -0.3 is 44.5 Å². The quantitative estimate of drug-likeness (QED) is 0.121. The molecular weight excluding hydrogens is 787 g/mol. The molecule has 1 aromatic rings. The molecule has 0 radical (unpaired) electrons. The van der Waals surface area contributed by atoms with Gasteiger partial charge in [-0.2, -0.15) is 0 Å². The number of esters is 1. The maximum Gasteiger partial charge on any atom is 0.316 e. The van der Waals surface area contributed by atoms with Gasteiger partial charge in [-0.05, 0) is 98.7 Å². The van der Waals surface area contributed by atoms with Crippen molar-refractivity contribution in [1.29, 1.82) is 0 Å². The van der Waals surface area contributed by atoms with Gasteiger partial charge in [-0.3, -0.25) is 19.3 Å². The number of amides is 1. The molecule has 0 aromatic carbocycles. The number of likely N-dealkylation sites (N-methyl/N-ethyl adjacent to an activating group) is 1. The van der Waals surface area contributed by atoms with E-state index in [-0.39, 0.29) is 56.1 Å². The molecule has 61 heavy (non-hydrogen) atoms. The van der Waals surface area contributed by atoms with E-state index < -0.39 is 83.2 Å². The highest BCUT2D eigenvalue weighted by Gasteiger charge is 2.53. The van der Waals surface area contributed by atoms with Gasteiger partial charge >= 0.3 is 5.97 Å². The van der Waals surface area contributed by atoms with Crippen LogP contribution in [0.4, 0.5) is 5.82 Å². The summed E-state index contributed by atoms with van der Waals surface area (Å²) in [5, 5.41) is 28.8. The molecule has 1 amide bonds. The second kappa shape index (κ2) is 20.6. The SMILES string of the molecule is CC[C@H]1OC(=O)[C@H](C)C(=O)[C@H](C)[C@@H](O[C@@H]2O[C@H](C)C[C@H](N(C)C(C)(C)C)[C@H]2O)[C@@]2(C)C[C@@H](C)/C(=N\C(C)=O)[C@H](C)[C@@H](OC/C(=N\OCC#Cc3cccc(N)n3)CO2)[C@]1(C)O. The highest BCUT2D eigenvalue weighted by molar-refractivity contribution is 6.00. The average Bonchev–Trinajstić information content (AvgIpc) is 3.19. The van der Waals surface area contributed by atoms with E-state index in [1.807, 2.05) is 20.9 Å². The van der Waals surface area contributed by atoms with Gasteiger partial charge in [0.15, 0.2) is 18.7 Å². The van der Waals surface area contributed by atoms with Crippen LogP contribution < -0.4 is 5.73 Å². The summed E-state index contributed by atoms with van der Waals surface area (Å²) in [4.78, 5) is 57.8. The first-order valence-corrected chi connectivity index (χ1v) is 21.3. The van der Waals surface area contributed by atoms with Crippen LogP contribution in [0.2, 0.25) is 0 Å². The molecule has 0 spiro atoms. The standard InChI is InChI=1S/C45H69N5O11/c1-14-34-45(12,55)40-27(4)36(47-30(7)51)25(2)22-44(11,57-24-32(23-56-40)49-58-20-16-18-31-17-15-19-35(46)48-31)39(28(5)37(52)29(6)41(54)60-34)61-42-38(53)33(21-26(3)59-42)50(13)43(8,9)10/h15,17,19,25-29,33-34,38-40,42,53,55H,14,20-24H2,1-13H3,(H2,46,48)/b47-36+,49-32+/t25-,26-,27+,28+,29-,33+,34-,38-,39-,40-,42+,44-,45-/m1/s1. The van der Waals surface area contributed by atoms with Crippen LogP contribution >= 0.6 is 0 Å². The number of aliphatic imine (C=N–C) groups is 1. The molecule has 1 aromatic heterocycles. The van der Waals surface area contributed by atoms with Gasteiger partial charge in [-0.15, -0.1) is 0 Å². The maximum absolute atomic E-state index is 14.6. The topological polar surface area (TPSA) is 214 Å². The fraction of sp³-hybridized carbons (Fsp3) is 0.733. The lowest BCUT2D eigenvalue weighted by Gasteiger charge is -2.49. The number of rotatable bonds is 6. The lowest BCUT2D eigenvalue weighted by Crippen LogP contribution is -2.62. The number of cyclic esters (lactones) is 1. The van der Waals surface area contributed by atoms with Gasteiger partial charge in [0.05, 0.1) is 37.1 Å². The normalized spacial score (nSPS) is 37.2. The molecule has 340 valence electrons. The summed E-state index contributed by atoms with van der Waals surface area (Å²) in [6, 6.07) is 4.73. The van der Waals surface area contributed by atoms with Crippen LogP contribution in [0.5, 0.6) is 0 Å². The highest BCUT2D eigenvalue weighted by Crippen LogP contribution is 2.40. The molecule has 13 atom stereocenters. The Morgan fingerprint density at radius 3 is 2.43 bits per heavy atom. The Morgan fingerprint density at radius 2 is 1.80 bits per heavy atom. The number of anilines is 1. The number of hydrogen-bond donors (Lipinski definition) is 3. The van der Waals surface area contributed by atoms with Gasteiger partial charge in [0.1, 0.15) is 41.0 Å². The molecule has 3 aliphatic heterocycles. The predicted molar refractivity (Wildman–Crippen MR) is 229 cm³/mol. The first kappa shape index (κ1) is 49.8. The molecule has 4 N–H and O–H groups in total. The number of aliphatic hydroxyl groups is 2. The number of ether oxygens (including phenoxy) is 5. The van der Waals surface area contributed by atoms with Crippen molar-refractivity contribution in [3.8, 4) is 11.8 Å². The average molecular weight is 856 g/mol. The van der Waals surface area contributed by atoms with E-state index in [2.05, 4.69) is 52.6 Å². The van der Waals surface area contributed by atoms with E-state index >= 15 is 0 Å². The molecule has 0 saturated carbocycles. The Hall–Kier alpha value is -3.82. The van der Waals surface area contributed by atoms with E-state index in [0.29, 0.717) is 23.6 Å². The zero-order chi connectivity index (χ0) is 45.6. The van der Waals surface area contributed by atoms with E-state index in [1.165, 1.54) is 20.8 Å². The van der Waals surface area contributed by atoms with Crippen LogP contribution in [0, 0.1) is 35.5 Å². The third kappa shape index (κ3) is 12.2. The molecule has 3 saturated heterocycles. The summed E-state index contributed by atoms with van der Waals surface area (Å²) in [5.41, 5.74) is 3.29. The smallest absolute Gasteiger partial charge is 0.316 e. The number of nitrogens with zero attached hydrogens (tertiary/aromatic N) is 4. The molecule has 16 nitrogen and oxygen atoms in total. The lowest BCUT2D eigenvalue weighted by molar-refractivity contribution is -0.299. The number of aromatic nitrogens is 1. The number of carbonyl (C=O) groups excluding carboxylic acids is 3. The van der Waals surface area contributed by atoms with E-state index in [1.54, 1.807) is 45.9 Å². The van der Waals surface area contributed by atoms with Crippen LogP contribution in [-0.2, 0) is 42.9 Å². The van der Waals surface area contributed by atoms with Crippen molar-refractivity contribution < 1.29 is 53.1 Å². The van der Waals surface area contributed by atoms with Gasteiger partial charge in [0.2, 0.25) is 5.91 Å². The van der Waals surface area contributed by atoms with Crippen LogP contribution in [0.15, 0.2) is 28.3 Å².